The van der Waals surface area contributed by atoms with Gasteiger partial charge >= 0.3 is 0 Å². The number of methoxy groups -OCH3 is 1. The van der Waals surface area contributed by atoms with Gasteiger partial charge in [-0.05, 0) is 36.6 Å². The molecule has 0 fully saturated rings. The van der Waals surface area contributed by atoms with E-state index in [0.717, 1.165) is 17.0 Å². The van der Waals surface area contributed by atoms with Crippen LogP contribution in [0, 0.1) is 0 Å². The third-order valence-corrected chi connectivity index (χ3v) is 2.90. The molecule has 4 nitrogen and oxygen atoms in total. The molecule has 4 heteroatoms. The van der Waals surface area contributed by atoms with Gasteiger partial charge in [0.2, 0.25) is 5.91 Å². The Kier molecular flexibility index (Phi) is 5.36. The third-order valence-electron chi connectivity index (χ3n) is 2.90. The Labute approximate surface area is 115 Å². The molecule has 0 aliphatic carbocycles. The molecule has 106 valence electrons. The maximum absolute atomic E-state index is 11.7. The standard InChI is InChI=1S/C15H24N2O2/c1-15(2,3)12-10-11(7-8-13(12)19-4)17-14(18)6-5-9-16/h7-8,10H,5-6,9,16H2,1-4H3,(H,17,18). The fourth-order valence-corrected chi connectivity index (χ4v) is 1.86. The minimum atomic E-state index is -0.0384. The van der Waals surface area contributed by atoms with Crippen molar-refractivity contribution in [2.75, 3.05) is 19.0 Å². The van der Waals surface area contributed by atoms with Crippen LogP contribution in [-0.4, -0.2) is 19.6 Å². The van der Waals surface area contributed by atoms with Crippen LogP contribution in [0.3, 0.4) is 0 Å². The highest BCUT2D eigenvalue weighted by Gasteiger charge is 2.19. The molecular weight excluding hydrogens is 240 g/mol. The van der Waals surface area contributed by atoms with Gasteiger partial charge in [0.25, 0.3) is 0 Å². The van der Waals surface area contributed by atoms with E-state index in [9.17, 15) is 4.79 Å². The van der Waals surface area contributed by atoms with Gasteiger partial charge in [-0.1, -0.05) is 20.8 Å². The Morgan fingerprint density at radius 1 is 1.37 bits per heavy atom. The number of ether oxygens (including phenoxy) is 1. The van der Waals surface area contributed by atoms with E-state index < -0.39 is 0 Å². The molecule has 0 atom stereocenters. The molecule has 0 radical (unpaired) electrons. The minimum Gasteiger partial charge on any atom is -0.496 e. The molecule has 0 heterocycles. The van der Waals surface area contributed by atoms with E-state index in [-0.39, 0.29) is 11.3 Å². The van der Waals surface area contributed by atoms with E-state index in [1.807, 2.05) is 18.2 Å². The average molecular weight is 264 g/mol. The largest absolute Gasteiger partial charge is 0.496 e. The predicted molar refractivity (Wildman–Crippen MR) is 78.6 cm³/mol. The zero-order valence-corrected chi connectivity index (χ0v) is 12.2. The van der Waals surface area contributed by atoms with Crippen LogP contribution in [-0.2, 0) is 10.2 Å². The van der Waals surface area contributed by atoms with Gasteiger partial charge in [-0.25, -0.2) is 0 Å². The number of carbonyl (C=O) groups is 1. The van der Waals surface area contributed by atoms with Crippen molar-refractivity contribution in [2.24, 2.45) is 5.73 Å². The van der Waals surface area contributed by atoms with E-state index in [1.165, 1.54) is 0 Å². The number of amides is 1. The Morgan fingerprint density at radius 3 is 2.58 bits per heavy atom. The Hall–Kier alpha value is -1.55. The van der Waals surface area contributed by atoms with Crippen LogP contribution in [0.15, 0.2) is 18.2 Å². The van der Waals surface area contributed by atoms with Crippen molar-refractivity contribution in [3.05, 3.63) is 23.8 Å². The summed E-state index contributed by atoms with van der Waals surface area (Å²) in [6, 6.07) is 5.72. The van der Waals surface area contributed by atoms with Crippen molar-refractivity contribution in [1.29, 1.82) is 0 Å². The summed E-state index contributed by atoms with van der Waals surface area (Å²) in [6.07, 6.45) is 1.15. The lowest BCUT2D eigenvalue weighted by Gasteiger charge is -2.23. The van der Waals surface area contributed by atoms with Gasteiger partial charge in [-0.3, -0.25) is 4.79 Å². The highest BCUT2D eigenvalue weighted by molar-refractivity contribution is 5.90. The van der Waals surface area contributed by atoms with Crippen molar-refractivity contribution in [1.82, 2.24) is 0 Å². The van der Waals surface area contributed by atoms with Crippen LogP contribution in [0.1, 0.15) is 39.2 Å². The van der Waals surface area contributed by atoms with Gasteiger partial charge in [0, 0.05) is 17.7 Å². The maximum atomic E-state index is 11.7. The highest BCUT2D eigenvalue weighted by Crippen LogP contribution is 2.33. The zero-order chi connectivity index (χ0) is 14.5. The van der Waals surface area contributed by atoms with E-state index in [4.69, 9.17) is 10.5 Å². The number of hydrogen-bond acceptors (Lipinski definition) is 3. The average Bonchev–Trinajstić information content (AvgIpc) is 2.35. The minimum absolute atomic E-state index is 0.00419. The summed E-state index contributed by atoms with van der Waals surface area (Å²) in [6.45, 7) is 6.88. The van der Waals surface area contributed by atoms with Crippen LogP contribution >= 0.6 is 0 Å². The molecule has 0 aliphatic heterocycles. The molecule has 0 saturated carbocycles. The molecule has 0 aliphatic rings. The Bertz CT molecular complexity index is 436. The number of nitrogens with one attached hydrogen (secondary N) is 1. The maximum Gasteiger partial charge on any atom is 0.224 e. The summed E-state index contributed by atoms with van der Waals surface area (Å²) in [5.41, 5.74) is 7.23. The van der Waals surface area contributed by atoms with Gasteiger partial charge < -0.3 is 15.8 Å². The zero-order valence-electron chi connectivity index (χ0n) is 12.2. The monoisotopic (exact) mass is 264 g/mol. The van der Waals surface area contributed by atoms with Crippen molar-refractivity contribution in [3.63, 3.8) is 0 Å². The van der Waals surface area contributed by atoms with Crippen LogP contribution in [0.2, 0.25) is 0 Å². The molecule has 0 spiro atoms. The molecule has 0 aromatic heterocycles. The molecule has 0 unspecified atom stereocenters. The molecule has 1 aromatic rings. The van der Waals surface area contributed by atoms with E-state index in [2.05, 4.69) is 26.1 Å². The molecule has 1 rings (SSSR count). The predicted octanol–water partition coefficient (Wildman–Crippen LogP) is 2.67. The first-order valence-electron chi connectivity index (χ1n) is 6.57. The summed E-state index contributed by atoms with van der Waals surface area (Å²) < 4.78 is 5.37. The van der Waals surface area contributed by atoms with Crippen molar-refractivity contribution in [2.45, 2.75) is 39.0 Å². The molecule has 1 amide bonds. The van der Waals surface area contributed by atoms with E-state index in [0.29, 0.717) is 19.4 Å². The quantitative estimate of drug-likeness (QED) is 0.859. The van der Waals surface area contributed by atoms with Crippen molar-refractivity contribution >= 4 is 11.6 Å². The van der Waals surface area contributed by atoms with E-state index in [1.54, 1.807) is 7.11 Å². The van der Waals surface area contributed by atoms with Gasteiger partial charge in [-0.15, -0.1) is 0 Å². The molecule has 3 N–H and O–H groups in total. The highest BCUT2D eigenvalue weighted by atomic mass is 16.5. The topological polar surface area (TPSA) is 64.3 Å². The van der Waals surface area contributed by atoms with Crippen LogP contribution in [0.5, 0.6) is 5.75 Å². The lowest BCUT2D eigenvalue weighted by molar-refractivity contribution is -0.116. The normalized spacial score (nSPS) is 11.2. The fourth-order valence-electron chi connectivity index (χ4n) is 1.86. The second-order valence-corrected chi connectivity index (χ2v) is 5.61. The third kappa shape index (κ3) is 4.56. The smallest absolute Gasteiger partial charge is 0.224 e. The number of nitrogens with two attached hydrogens (primary N) is 1. The SMILES string of the molecule is COc1ccc(NC(=O)CCCN)cc1C(C)(C)C. The first kappa shape index (κ1) is 15.5. The number of benzene rings is 1. The lowest BCUT2D eigenvalue weighted by Crippen LogP contribution is -2.16. The Morgan fingerprint density at radius 2 is 2.05 bits per heavy atom. The van der Waals surface area contributed by atoms with Crippen LogP contribution in [0.25, 0.3) is 0 Å². The second kappa shape index (κ2) is 6.57. The summed E-state index contributed by atoms with van der Waals surface area (Å²) >= 11 is 0. The van der Waals surface area contributed by atoms with Crippen LogP contribution < -0.4 is 15.8 Å². The lowest BCUT2D eigenvalue weighted by atomic mass is 9.86. The van der Waals surface area contributed by atoms with Crippen LogP contribution in [0.4, 0.5) is 5.69 Å². The molecule has 1 aromatic carbocycles. The van der Waals surface area contributed by atoms with Gasteiger partial charge in [0.1, 0.15) is 5.75 Å². The number of carbonyl (C=O) groups excluding carboxylic acids is 1. The summed E-state index contributed by atoms with van der Waals surface area (Å²) in [5.74, 6) is 0.836. The Balaban J connectivity index is 2.90. The number of rotatable bonds is 5. The molecular formula is C15H24N2O2. The van der Waals surface area contributed by atoms with E-state index >= 15 is 0 Å². The van der Waals surface area contributed by atoms with Crippen molar-refractivity contribution in [3.8, 4) is 5.75 Å². The van der Waals surface area contributed by atoms with Crippen molar-refractivity contribution < 1.29 is 9.53 Å². The molecule has 19 heavy (non-hydrogen) atoms. The first-order valence-corrected chi connectivity index (χ1v) is 6.57. The number of anilines is 1. The summed E-state index contributed by atoms with van der Waals surface area (Å²) in [7, 11) is 1.66. The number of hydrogen-bond donors (Lipinski definition) is 2. The molecule has 0 bridgehead atoms. The summed E-state index contributed by atoms with van der Waals surface area (Å²) in [4.78, 5) is 11.7. The first-order chi connectivity index (χ1) is 8.88. The van der Waals surface area contributed by atoms with Gasteiger partial charge in [0.05, 0.1) is 7.11 Å². The second-order valence-electron chi connectivity index (χ2n) is 5.61. The summed E-state index contributed by atoms with van der Waals surface area (Å²) in [5, 5.41) is 2.89. The van der Waals surface area contributed by atoms with Gasteiger partial charge in [-0.2, -0.15) is 0 Å². The molecule has 0 saturated heterocycles. The van der Waals surface area contributed by atoms with Gasteiger partial charge in [0.15, 0.2) is 0 Å². The fraction of sp³-hybridized carbons (Fsp3) is 0.533.